The lowest BCUT2D eigenvalue weighted by Gasteiger charge is -2.11. The minimum absolute atomic E-state index is 0.0319. The number of fused-ring (bicyclic) bond motifs is 3. The van der Waals surface area contributed by atoms with Gasteiger partial charge >= 0.3 is 0 Å². The van der Waals surface area contributed by atoms with Crippen LogP contribution >= 0.6 is 23.1 Å². The van der Waals surface area contributed by atoms with Gasteiger partial charge < -0.3 is 5.32 Å². The van der Waals surface area contributed by atoms with E-state index in [2.05, 4.69) is 10.3 Å². The molecule has 0 saturated heterocycles. The molecular formula is C19H19N3O2S2. The van der Waals surface area contributed by atoms with Crippen LogP contribution in [0.15, 0.2) is 40.3 Å². The summed E-state index contributed by atoms with van der Waals surface area (Å²) in [7, 11) is 0. The Labute approximate surface area is 159 Å². The van der Waals surface area contributed by atoms with Crippen LogP contribution in [-0.4, -0.2) is 21.7 Å². The molecule has 1 amide bonds. The first-order chi connectivity index (χ1) is 12.7. The Kier molecular flexibility index (Phi) is 4.82. The topological polar surface area (TPSA) is 64.0 Å². The molecule has 0 radical (unpaired) electrons. The van der Waals surface area contributed by atoms with E-state index in [1.54, 1.807) is 23.1 Å². The summed E-state index contributed by atoms with van der Waals surface area (Å²) < 4.78 is 1.41. The fourth-order valence-electron chi connectivity index (χ4n) is 3.35. The molecule has 0 fully saturated rings. The molecule has 0 bridgehead atoms. The Balaban J connectivity index is 1.59. The van der Waals surface area contributed by atoms with Gasteiger partial charge in [0, 0.05) is 15.5 Å². The van der Waals surface area contributed by atoms with Gasteiger partial charge in [-0.05, 0) is 55.7 Å². The summed E-state index contributed by atoms with van der Waals surface area (Å²) in [6.45, 7) is -0.0319. The van der Waals surface area contributed by atoms with Crippen molar-refractivity contribution in [1.29, 1.82) is 0 Å². The van der Waals surface area contributed by atoms with Gasteiger partial charge in [0.2, 0.25) is 5.91 Å². The summed E-state index contributed by atoms with van der Waals surface area (Å²) >= 11 is 3.24. The van der Waals surface area contributed by atoms with Gasteiger partial charge in [0.05, 0.1) is 11.7 Å². The van der Waals surface area contributed by atoms with Crippen LogP contribution in [0, 0.1) is 0 Å². The number of anilines is 1. The van der Waals surface area contributed by atoms with E-state index in [1.165, 1.54) is 22.2 Å². The second kappa shape index (κ2) is 7.25. The number of amides is 1. The van der Waals surface area contributed by atoms with Crippen LogP contribution in [0.3, 0.4) is 0 Å². The first kappa shape index (κ1) is 17.3. The van der Waals surface area contributed by atoms with Crippen molar-refractivity contribution in [3.05, 3.63) is 51.4 Å². The van der Waals surface area contributed by atoms with Crippen LogP contribution in [0.4, 0.5) is 5.69 Å². The van der Waals surface area contributed by atoms with E-state index in [-0.39, 0.29) is 18.0 Å². The molecule has 0 aliphatic heterocycles. The van der Waals surface area contributed by atoms with E-state index >= 15 is 0 Å². The Morgan fingerprint density at radius 1 is 1.35 bits per heavy atom. The molecule has 26 heavy (non-hydrogen) atoms. The molecule has 2 heterocycles. The van der Waals surface area contributed by atoms with E-state index in [0.29, 0.717) is 5.39 Å². The molecule has 1 aliphatic carbocycles. The van der Waals surface area contributed by atoms with Crippen molar-refractivity contribution in [1.82, 2.24) is 9.55 Å². The van der Waals surface area contributed by atoms with E-state index in [1.807, 2.05) is 30.5 Å². The van der Waals surface area contributed by atoms with Crippen LogP contribution in [0.25, 0.3) is 10.2 Å². The monoisotopic (exact) mass is 385 g/mol. The molecule has 0 spiro atoms. The number of rotatable bonds is 4. The Hall–Kier alpha value is -2.12. The molecule has 1 aromatic carbocycles. The largest absolute Gasteiger partial charge is 0.324 e. The fourth-order valence-corrected chi connectivity index (χ4v) is 5.03. The van der Waals surface area contributed by atoms with E-state index in [4.69, 9.17) is 0 Å². The standard InChI is InChI=1S/C19H19N3O2S2/c1-25-13-6-4-5-12(9-13)21-16(23)10-22-11-20-18-17(19(22)24)14-7-2-3-8-15(14)26-18/h4-6,9,11H,2-3,7-8,10H2,1H3,(H,21,23). The number of aromatic nitrogens is 2. The Bertz CT molecular complexity index is 1040. The van der Waals surface area contributed by atoms with E-state index < -0.39 is 0 Å². The SMILES string of the molecule is CSc1cccc(NC(=O)Cn2cnc3sc4c(c3c2=O)CCCC4)c1. The predicted molar refractivity (Wildman–Crippen MR) is 107 cm³/mol. The average molecular weight is 386 g/mol. The van der Waals surface area contributed by atoms with E-state index in [0.717, 1.165) is 40.2 Å². The van der Waals surface area contributed by atoms with Crippen LogP contribution in [-0.2, 0) is 24.2 Å². The molecule has 7 heteroatoms. The number of nitrogens with zero attached hydrogens (tertiary/aromatic N) is 2. The first-order valence-electron chi connectivity index (χ1n) is 8.59. The van der Waals surface area contributed by atoms with Crippen LogP contribution in [0.2, 0.25) is 0 Å². The summed E-state index contributed by atoms with van der Waals surface area (Å²) in [5.74, 6) is -0.226. The fraction of sp³-hybridized carbons (Fsp3) is 0.316. The highest BCUT2D eigenvalue weighted by molar-refractivity contribution is 7.98. The normalized spacial score (nSPS) is 13.6. The maximum Gasteiger partial charge on any atom is 0.262 e. The number of hydrogen-bond acceptors (Lipinski definition) is 5. The second-order valence-corrected chi connectivity index (χ2v) is 8.31. The smallest absolute Gasteiger partial charge is 0.262 e. The number of nitrogens with one attached hydrogen (secondary N) is 1. The molecule has 3 aromatic rings. The highest BCUT2D eigenvalue weighted by Gasteiger charge is 2.20. The van der Waals surface area contributed by atoms with Gasteiger partial charge in [-0.15, -0.1) is 23.1 Å². The number of aryl methyl sites for hydroxylation is 2. The van der Waals surface area contributed by atoms with Crippen LogP contribution in [0.1, 0.15) is 23.3 Å². The molecular weight excluding hydrogens is 366 g/mol. The van der Waals surface area contributed by atoms with Crippen molar-refractivity contribution in [2.24, 2.45) is 0 Å². The molecule has 1 aliphatic rings. The van der Waals surface area contributed by atoms with Gasteiger partial charge in [0.25, 0.3) is 5.56 Å². The highest BCUT2D eigenvalue weighted by atomic mass is 32.2. The molecule has 134 valence electrons. The van der Waals surface area contributed by atoms with Gasteiger partial charge in [-0.1, -0.05) is 6.07 Å². The highest BCUT2D eigenvalue weighted by Crippen LogP contribution is 2.33. The number of thiophene rings is 1. The van der Waals surface area contributed by atoms with Crippen molar-refractivity contribution in [3.63, 3.8) is 0 Å². The van der Waals surface area contributed by atoms with Crippen LogP contribution < -0.4 is 10.9 Å². The summed E-state index contributed by atoms with van der Waals surface area (Å²) in [6, 6.07) is 7.65. The van der Waals surface area contributed by atoms with Crippen molar-refractivity contribution < 1.29 is 4.79 Å². The third-order valence-electron chi connectivity index (χ3n) is 4.61. The van der Waals surface area contributed by atoms with Crippen molar-refractivity contribution in [3.8, 4) is 0 Å². The number of carbonyl (C=O) groups excluding carboxylic acids is 1. The van der Waals surface area contributed by atoms with E-state index in [9.17, 15) is 9.59 Å². The van der Waals surface area contributed by atoms with Crippen LogP contribution in [0.5, 0.6) is 0 Å². The lowest BCUT2D eigenvalue weighted by molar-refractivity contribution is -0.116. The average Bonchev–Trinajstić information content (AvgIpc) is 3.03. The molecule has 0 atom stereocenters. The molecule has 1 N–H and O–H groups in total. The van der Waals surface area contributed by atoms with Gasteiger partial charge in [-0.3, -0.25) is 14.2 Å². The summed E-state index contributed by atoms with van der Waals surface area (Å²) in [5.41, 5.74) is 1.77. The Morgan fingerprint density at radius 3 is 3.04 bits per heavy atom. The predicted octanol–water partition coefficient (Wildman–Crippen LogP) is 3.70. The van der Waals surface area contributed by atoms with Crippen molar-refractivity contribution in [2.75, 3.05) is 11.6 Å². The third-order valence-corrected chi connectivity index (χ3v) is 6.53. The molecule has 2 aromatic heterocycles. The van der Waals surface area contributed by atoms with Gasteiger partial charge in [-0.2, -0.15) is 0 Å². The third kappa shape index (κ3) is 3.29. The molecule has 0 saturated carbocycles. The molecule has 4 rings (SSSR count). The molecule has 0 unspecified atom stereocenters. The lowest BCUT2D eigenvalue weighted by atomic mass is 9.97. The summed E-state index contributed by atoms with van der Waals surface area (Å²) in [6.07, 6.45) is 7.73. The maximum absolute atomic E-state index is 12.9. The summed E-state index contributed by atoms with van der Waals surface area (Å²) in [5, 5.41) is 3.57. The summed E-state index contributed by atoms with van der Waals surface area (Å²) in [4.78, 5) is 32.9. The Morgan fingerprint density at radius 2 is 2.19 bits per heavy atom. The second-order valence-electron chi connectivity index (χ2n) is 6.35. The molecule has 5 nitrogen and oxygen atoms in total. The number of carbonyl (C=O) groups is 1. The zero-order valence-electron chi connectivity index (χ0n) is 14.4. The van der Waals surface area contributed by atoms with Gasteiger partial charge in [0.15, 0.2) is 0 Å². The zero-order valence-corrected chi connectivity index (χ0v) is 16.1. The van der Waals surface area contributed by atoms with Crippen molar-refractivity contribution >= 4 is 44.9 Å². The van der Waals surface area contributed by atoms with Crippen molar-refractivity contribution in [2.45, 2.75) is 37.1 Å². The number of benzene rings is 1. The first-order valence-corrected chi connectivity index (χ1v) is 10.6. The number of hydrogen-bond donors (Lipinski definition) is 1. The zero-order chi connectivity index (χ0) is 18.1. The van der Waals surface area contributed by atoms with Gasteiger partial charge in [-0.25, -0.2) is 4.98 Å². The van der Waals surface area contributed by atoms with Gasteiger partial charge in [0.1, 0.15) is 11.4 Å². The minimum atomic E-state index is -0.226. The quantitative estimate of drug-likeness (QED) is 0.696. The lowest BCUT2D eigenvalue weighted by Crippen LogP contribution is -2.28. The maximum atomic E-state index is 12.9. The number of thioether (sulfide) groups is 1. The minimum Gasteiger partial charge on any atom is -0.324 e.